The quantitative estimate of drug-likeness (QED) is 0.421. The maximum absolute atomic E-state index is 2.31. The number of unbranched alkanes of at least 4 members (excludes halogenated alkanes) is 6. The number of rotatable bonds is 10. The van der Waals surface area contributed by atoms with Gasteiger partial charge in [0, 0.05) is 12.8 Å². The Bertz CT molecular complexity index is 162. The summed E-state index contributed by atoms with van der Waals surface area (Å²) in [6, 6.07) is 0. The summed E-state index contributed by atoms with van der Waals surface area (Å²) in [7, 11) is 0. The van der Waals surface area contributed by atoms with Crippen LogP contribution in [0, 0.1) is 0 Å². The van der Waals surface area contributed by atoms with E-state index in [-0.39, 0.29) is 12.4 Å². The van der Waals surface area contributed by atoms with E-state index in [0.717, 1.165) is 0 Å². The van der Waals surface area contributed by atoms with Crippen molar-refractivity contribution in [3.8, 4) is 0 Å². The van der Waals surface area contributed by atoms with Gasteiger partial charge in [0.1, 0.15) is 0 Å². The standard InChI is InChI=1S/C16H34N.ClH/c1-3-5-7-9-13-17(15-11-12-16-17)14-10-8-6-4-2;/h3-16H2,1-2H3;1H/q+1;/p-1. The van der Waals surface area contributed by atoms with E-state index < -0.39 is 0 Å². The molecular formula is C16H34ClN. The Morgan fingerprint density at radius 1 is 0.667 bits per heavy atom. The van der Waals surface area contributed by atoms with E-state index in [2.05, 4.69) is 13.8 Å². The molecule has 1 heterocycles. The van der Waals surface area contributed by atoms with Gasteiger partial charge in [-0.15, -0.1) is 0 Å². The number of likely N-dealkylation sites (tertiary alicyclic amines) is 1. The Hall–Kier alpha value is 0.250. The second-order valence-electron chi connectivity index (χ2n) is 6.06. The van der Waals surface area contributed by atoms with Gasteiger partial charge in [0.2, 0.25) is 0 Å². The van der Waals surface area contributed by atoms with Crippen molar-refractivity contribution in [2.75, 3.05) is 26.2 Å². The molecule has 0 aromatic rings. The first-order valence-electron chi connectivity index (χ1n) is 8.18. The SMILES string of the molecule is CCCCCC[N+]1(CCCCCC)CCCC1.[Cl-]. The van der Waals surface area contributed by atoms with Crippen LogP contribution in [0.4, 0.5) is 0 Å². The summed E-state index contributed by atoms with van der Waals surface area (Å²) in [4.78, 5) is 0. The topological polar surface area (TPSA) is 0 Å². The van der Waals surface area contributed by atoms with E-state index in [1.165, 1.54) is 94.9 Å². The molecular weight excluding hydrogens is 242 g/mol. The lowest BCUT2D eigenvalue weighted by molar-refractivity contribution is -0.917. The third-order valence-electron chi connectivity index (χ3n) is 4.49. The highest BCUT2D eigenvalue weighted by molar-refractivity contribution is 4.56. The van der Waals surface area contributed by atoms with E-state index in [9.17, 15) is 0 Å². The van der Waals surface area contributed by atoms with Crippen LogP contribution in [0.15, 0.2) is 0 Å². The summed E-state index contributed by atoms with van der Waals surface area (Å²) in [6.45, 7) is 10.5. The molecule has 0 aromatic carbocycles. The molecule has 0 saturated carbocycles. The normalized spacial score (nSPS) is 17.7. The Kier molecular flexibility index (Phi) is 11.3. The van der Waals surface area contributed by atoms with Crippen molar-refractivity contribution in [2.24, 2.45) is 0 Å². The van der Waals surface area contributed by atoms with Gasteiger partial charge in [-0.1, -0.05) is 39.5 Å². The molecule has 0 unspecified atom stereocenters. The molecule has 1 rings (SSSR count). The van der Waals surface area contributed by atoms with Crippen LogP contribution in [-0.4, -0.2) is 30.7 Å². The minimum absolute atomic E-state index is 0. The van der Waals surface area contributed by atoms with Gasteiger partial charge in [0.05, 0.1) is 26.2 Å². The van der Waals surface area contributed by atoms with Crippen LogP contribution < -0.4 is 12.4 Å². The fraction of sp³-hybridized carbons (Fsp3) is 1.00. The average molecular weight is 276 g/mol. The highest BCUT2D eigenvalue weighted by Gasteiger charge is 2.30. The maximum atomic E-state index is 2.31. The van der Waals surface area contributed by atoms with Crippen LogP contribution in [0.3, 0.4) is 0 Å². The Labute approximate surface area is 121 Å². The molecule has 0 aromatic heterocycles. The molecule has 0 aliphatic carbocycles. The van der Waals surface area contributed by atoms with Gasteiger partial charge in [-0.2, -0.15) is 0 Å². The van der Waals surface area contributed by atoms with Crippen LogP contribution in [0.2, 0.25) is 0 Å². The molecule has 0 atom stereocenters. The fourth-order valence-corrected chi connectivity index (χ4v) is 3.31. The Balaban J connectivity index is 0.00000289. The van der Waals surface area contributed by atoms with E-state index >= 15 is 0 Å². The average Bonchev–Trinajstić information content (AvgIpc) is 2.80. The second-order valence-corrected chi connectivity index (χ2v) is 6.06. The van der Waals surface area contributed by atoms with Gasteiger partial charge in [0.15, 0.2) is 0 Å². The van der Waals surface area contributed by atoms with Crippen LogP contribution >= 0.6 is 0 Å². The van der Waals surface area contributed by atoms with Gasteiger partial charge in [-0.3, -0.25) is 0 Å². The maximum Gasteiger partial charge on any atom is 0.0788 e. The largest absolute Gasteiger partial charge is 1.00 e. The molecule has 1 fully saturated rings. The molecule has 1 nitrogen and oxygen atoms in total. The van der Waals surface area contributed by atoms with E-state index in [1.54, 1.807) is 0 Å². The van der Waals surface area contributed by atoms with E-state index in [0.29, 0.717) is 0 Å². The zero-order chi connectivity index (χ0) is 12.4. The minimum Gasteiger partial charge on any atom is -1.00 e. The summed E-state index contributed by atoms with van der Waals surface area (Å²) in [5, 5.41) is 0. The molecule has 0 bridgehead atoms. The molecule has 1 saturated heterocycles. The molecule has 2 heteroatoms. The molecule has 1 aliphatic rings. The Morgan fingerprint density at radius 3 is 1.50 bits per heavy atom. The highest BCUT2D eigenvalue weighted by Crippen LogP contribution is 2.22. The predicted molar refractivity (Wildman–Crippen MR) is 77.2 cm³/mol. The van der Waals surface area contributed by atoms with E-state index in [4.69, 9.17) is 0 Å². The summed E-state index contributed by atoms with van der Waals surface area (Å²) < 4.78 is 1.48. The molecule has 0 radical (unpaired) electrons. The van der Waals surface area contributed by atoms with Gasteiger partial charge in [-0.25, -0.2) is 0 Å². The fourth-order valence-electron chi connectivity index (χ4n) is 3.31. The van der Waals surface area contributed by atoms with Gasteiger partial charge in [-0.05, 0) is 25.7 Å². The number of halogens is 1. The summed E-state index contributed by atoms with van der Waals surface area (Å²) in [5.74, 6) is 0. The van der Waals surface area contributed by atoms with E-state index in [1.807, 2.05) is 0 Å². The smallest absolute Gasteiger partial charge is 0.0788 e. The molecule has 0 amide bonds. The number of hydrogen-bond donors (Lipinski definition) is 0. The zero-order valence-electron chi connectivity index (χ0n) is 12.7. The number of nitrogens with zero attached hydrogens (tertiary/aromatic N) is 1. The first kappa shape index (κ1) is 18.2. The van der Waals surface area contributed by atoms with Gasteiger partial charge < -0.3 is 16.9 Å². The monoisotopic (exact) mass is 275 g/mol. The highest BCUT2D eigenvalue weighted by atomic mass is 35.5. The van der Waals surface area contributed by atoms with Gasteiger partial charge in [0.25, 0.3) is 0 Å². The van der Waals surface area contributed by atoms with Crippen molar-refractivity contribution in [3.63, 3.8) is 0 Å². The van der Waals surface area contributed by atoms with Crippen molar-refractivity contribution in [3.05, 3.63) is 0 Å². The molecule has 1 aliphatic heterocycles. The number of quaternary nitrogens is 1. The lowest BCUT2D eigenvalue weighted by Crippen LogP contribution is -3.00. The summed E-state index contributed by atoms with van der Waals surface area (Å²) in [6.07, 6.45) is 14.5. The third-order valence-corrected chi connectivity index (χ3v) is 4.49. The van der Waals surface area contributed by atoms with Crippen LogP contribution in [0.25, 0.3) is 0 Å². The van der Waals surface area contributed by atoms with Crippen molar-refractivity contribution in [1.29, 1.82) is 0 Å². The van der Waals surface area contributed by atoms with Crippen LogP contribution in [0.5, 0.6) is 0 Å². The summed E-state index contributed by atoms with van der Waals surface area (Å²) in [5.41, 5.74) is 0. The minimum atomic E-state index is 0. The van der Waals surface area contributed by atoms with Crippen molar-refractivity contribution in [2.45, 2.75) is 78.1 Å². The summed E-state index contributed by atoms with van der Waals surface area (Å²) >= 11 is 0. The van der Waals surface area contributed by atoms with Crippen molar-refractivity contribution >= 4 is 0 Å². The molecule has 110 valence electrons. The zero-order valence-corrected chi connectivity index (χ0v) is 13.5. The second kappa shape index (κ2) is 11.1. The lowest BCUT2D eigenvalue weighted by atomic mass is 10.1. The molecule has 18 heavy (non-hydrogen) atoms. The Morgan fingerprint density at radius 2 is 1.11 bits per heavy atom. The first-order chi connectivity index (χ1) is 8.33. The lowest BCUT2D eigenvalue weighted by Gasteiger charge is -2.34. The molecule has 0 spiro atoms. The van der Waals surface area contributed by atoms with Crippen LogP contribution in [0.1, 0.15) is 78.1 Å². The number of hydrogen-bond acceptors (Lipinski definition) is 0. The van der Waals surface area contributed by atoms with Crippen LogP contribution in [-0.2, 0) is 0 Å². The third kappa shape index (κ3) is 6.99. The first-order valence-corrected chi connectivity index (χ1v) is 8.18. The van der Waals surface area contributed by atoms with Crippen molar-refractivity contribution < 1.29 is 16.9 Å². The van der Waals surface area contributed by atoms with Crippen molar-refractivity contribution in [1.82, 2.24) is 0 Å². The predicted octanol–water partition coefficient (Wildman–Crippen LogP) is 1.76. The molecule has 0 N–H and O–H groups in total. The van der Waals surface area contributed by atoms with Gasteiger partial charge >= 0.3 is 0 Å².